The molecule has 8 heteroatoms. The number of aliphatic hydroxyl groups excluding tert-OH is 3. The predicted molar refractivity (Wildman–Crippen MR) is 81.7 cm³/mol. The molecule has 0 unspecified atom stereocenters. The zero-order valence-electron chi connectivity index (χ0n) is 13.4. The van der Waals surface area contributed by atoms with E-state index in [0.29, 0.717) is 0 Å². The Kier molecular flexibility index (Phi) is 4.93. The fourth-order valence-electron chi connectivity index (χ4n) is 2.33. The van der Waals surface area contributed by atoms with Gasteiger partial charge in [0.25, 0.3) is 0 Å². The van der Waals surface area contributed by atoms with Gasteiger partial charge in [0.05, 0.1) is 39.6 Å². The third-order valence-electron chi connectivity index (χ3n) is 5.46. The smallest absolute Gasteiger partial charge is 0.396 e. The van der Waals surface area contributed by atoms with Crippen LogP contribution >= 0.6 is 7.82 Å². The van der Waals surface area contributed by atoms with E-state index in [4.69, 9.17) is 13.6 Å². The highest BCUT2D eigenvalue weighted by Gasteiger charge is 2.49. The van der Waals surface area contributed by atoms with Crippen LogP contribution in [0.1, 0.15) is 38.5 Å². The Bertz CT molecular complexity index is 402. The van der Waals surface area contributed by atoms with Crippen LogP contribution in [0.25, 0.3) is 0 Å². The third-order valence-corrected chi connectivity index (χ3v) is 6.80. The van der Waals surface area contributed by atoms with Gasteiger partial charge < -0.3 is 15.3 Å². The van der Waals surface area contributed by atoms with Gasteiger partial charge in [-0.1, -0.05) is 0 Å². The Morgan fingerprint density at radius 1 is 0.652 bits per heavy atom. The molecule has 3 aliphatic carbocycles. The summed E-state index contributed by atoms with van der Waals surface area (Å²) in [6, 6.07) is 0. The number of hydrogen-bond acceptors (Lipinski definition) is 7. The minimum atomic E-state index is -3.76. The largest absolute Gasteiger partial charge is 0.474 e. The summed E-state index contributed by atoms with van der Waals surface area (Å²) in [5.74, 6) is 0. The lowest BCUT2D eigenvalue weighted by molar-refractivity contribution is 0.0437. The maximum absolute atomic E-state index is 12.9. The molecule has 3 rings (SSSR count). The summed E-state index contributed by atoms with van der Waals surface area (Å²) in [6.45, 7) is 0.396. The van der Waals surface area contributed by atoms with Gasteiger partial charge in [0, 0.05) is 16.2 Å². The molecule has 0 aliphatic heterocycles. The van der Waals surface area contributed by atoms with E-state index in [1.807, 2.05) is 0 Å². The highest BCUT2D eigenvalue weighted by atomic mass is 31.2. The first kappa shape index (κ1) is 17.8. The third kappa shape index (κ3) is 4.34. The van der Waals surface area contributed by atoms with E-state index in [-0.39, 0.29) is 55.9 Å². The van der Waals surface area contributed by atoms with Crippen molar-refractivity contribution in [3.05, 3.63) is 0 Å². The first-order valence-electron chi connectivity index (χ1n) is 8.29. The van der Waals surface area contributed by atoms with Gasteiger partial charge in [-0.05, 0) is 38.5 Å². The van der Waals surface area contributed by atoms with Crippen LogP contribution in [0, 0.1) is 16.2 Å². The van der Waals surface area contributed by atoms with Gasteiger partial charge in [0.2, 0.25) is 0 Å². The number of aliphatic hydroxyl groups is 3. The lowest BCUT2D eigenvalue weighted by atomic mass is 10.1. The molecule has 134 valence electrons. The fraction of sp³-hybridized carbons (Fsp3) is 1.00. The van der Waals surface area contributed by atoms with Crippen LogP contribution in [0.5, 0.6) is 0 Å². The van der Waals surface area contributed by atoms with Gasteiger partial charge in [-0.15, -0.1) is 0 Å². The molecule has 3 fully saturated rings. The van der Waals surface area contributed by atoms with Gasteiger partial charge in [0.15, 0.2) is 0 Å². The van der Waals surface area contributed by atoms with Crippen molar-refractivity contribution in [3.8, 4) is 0 Å². The van der Waals surface area contributed by atoms with E-state index in [1.165, 1.54) is 0 Å². The Balaban J connectivity index is 1.56. The van der Waals surface area contributed by atoms with E-state index < -0.39 is 7.82 Å². The lowest BCUT2D eigenvalue weighted by Crippen LogP contribution is -2.20. The fourth-order valence-corrected chi connectivity index (χ4v) is 3.85. The second-order valence-electron chi connectivity index (χ2n) is 7.74. The first-order chi connectivity index (χ1) is 10.9. The zero-order valence-corrected chi connectivity index (χ0v) is 14.3. The summed E-state index contributed by atoms with van der Waals surface area (Å²) in [4.78, 5) is 0. The molecule has 3 saturated carbocycles. The van der Waals surface area contributed by atoms with Crippen LogP contribution in [-0.2, 0) is 18.1 Å². The summed E-state index contributed by atoms with van der Waals surface area (Å²) in [6.07, 6.45) is 5.03. The minimum absolute atomic E-state index is 0.00580. The van der Waals surface area contributed by atoms with Crippen molar-refractivity contribution >= 4 is 7.82 Å². The van der Waals surface area contributed by atoms with Crippen molar-refractivity contribution in [1.29, 1.82) is 0 Å². The quantitative estimate of drug-likeness (QED) is 0.458. The molecule has 0 atom stereocenters. The molecule has 0 aromatic heterocycles. The van der Waals surface area contributed by atoms with Gasteiger partial charge >= 0.3 is 7.82 Å². The van der Waals surface area contributed by atoms with Crippen molar-refractivity contribution in [2.24, 2.45) is 16.2 Å². The molecule has 0 bridgehead atoms. The molecular formula is C15H27O7P. The standard InChI is InChI=1S/C15H27O7P/c16-7-13(1-2-13)10-20-23(19,21-11-14(8-17)3-4-14)22-12-15(9-18)5-6-15/h16-18H,1-12H2. The summed E-state index contributed by atoms with van der Waals surface area (Å²) in [7, 11) is -3.76. The molecular weight excluding hydrogens is 323 g/mol. The molecule has 7 nitrogen and oxygen atoms in total. The second-order valence-corrected chi connectivity index (χ2v) is 9.41. The number of phosphoric acid groups is 1. The van der Waals surface area contributed by atoms with Gasteiger partial charge in [0.1, 0.15) is 0 Å². The predicted octanol–water partition coefficient (Wildman–Crippen LogP) is 1.46. The van der Waals surface area contributed by atoms with Crippen molar-refractivity contribution < 1.29 is 33.5 Å². The molecule has 0 heterocycles. The molecule has 0 aromatic carbocycles. The van der Waals surface area contributed by atoms with Crippen LogP contribution in [0.2, 0.25) is 0 Å². The average molecular weight is 350 g/mol. The summed E-state index contributed by atoms with van der Waals surface area (Å²) < 4.78 is 29.3. The van der Waals surface area contributed by atoms with E-state index in [9.17, 15) is 19.9 Å². The van der Waals surface area contributed by atoms with Crippen LogP contribution in [0.4, 0.5) is 0 Å². The number of hydrogen-bond donors (Lipinski definition) is 3. The van der Waals surface area contributed by atoms with E-state index >= 15 is 0 Å². The van der Waals surface area contributed by atoms with Crippen LogP contribution in [-0.4, -0.2) is 55.0 Å². The summed E-state index contributed by atoms with van der Waals surface area (Å²) >= 11 is 0. The normalized spacial score (nSPS) is 26.0. The van der Waals surface area contributed by atoms with Crippen molar-refractivity contribution in [3.63, 3.8) is 0 Å². The Morgan fingerprint density at radius 3 is 1.09 bits per heavy atom. The topological polar surface area (TPSA) is 105 Å². The molecule has 0 saturated heterocycles. The molecule has 0 radical (unpaired) electrons. The second kappa shape index (κ2) is 6.37. The maximum atomic E-state index is 12.9. The van der Waals surface area contributed by atoms with E-state index in [0.717, 1.165) is 38.5 Å². The van der Waals surface area contributed by atoms with Crippen LogP contribution in [0.3, 0.4) is 0 Å². The highest BCUT2D eigenvalue weighted by molar-refractivity contribution is 7.48. The van der Waals surface area contributed by atoms with Crippen molar-refractivity contribution in [2.75, 3.05) is 39.6 Å². The monoisotopic (exact) mass is 350 g/mol. The Labute approximate surface area is 136 Å². The average Bonchev–Trinajstić information content (AvgIpc) is 3.47. The molecule has 0 spiro atoms. The van der Waals surface area contributed by atoms with E-state index in [2.05, 4.69) is 0 Å². The highest BCUT2D eigenvalue weighted by Crippen LogP contribution is 2.59. The summed E-state index contributed by atoms with van der Waals surface area (Å²) in [5.41, 5.74) is -0.944. The molecule has 0 amide bonds. The lowest BCUT2D eigenvalue weighted by Gasteiger charge is -2.24. The van der Waals surface area contributed by atoms with Crippen LogP contribution < -0.4 is 0 Å². The minimum Gasteiger partial charge on any atom is -0.396 e. The van der Waals surface area contributed by atoms with Gasteiger partial charge in [-0.3, -0.25) is 13.6 Å². The Morgan fingerprint density at radius 2 is 0.913 bits per heavy atom. The Hall–Kier alpha value is -0.0100. The zero-order chi connectivity index (χ0) is 16.6. The molecule has 0 aromatic rings. The van der Waals surface area contributed by atoms with Crippen molar-refractivity contribution in [1.82, 2.24) is 0 Å². The molecule has 3 aliphatic rings. The SMILES string of the molecule is O=P(OCC1(CO)CC1)(OCC1(CO)CC1)OCC1(CO)CC1. The van der Waals surface area contributed by atoms with Gasteiger partial charge in [-0.2, -0.15) is 0 Å². The number of phosphoric ester groups is 1. The molecule has 23 heavy (non-hydrogen) atoms. The van der Waals surface area contributed by atoms with Crippen LogP contribution in [0.15, 0.2) is 0 Å². The maximum Gasteiger partial charge on any atom is 0.474 e. The summed E-state index contributed by atoms with van der Waals surface area (Å²) in [5, 5.41) is 28.1. The first-order valence-corrected chi connectivity index (χ1v) is 9.75. The van der Waals surface area contributed by atoms with Crippen molar-refractivity contribution in [2.45, 2.75) is 38.5 Å². The number of rotatable bonds is 12. The van der Waals surface area contributed by atoms with Gasteiger partial charge in [-0.25, -0.2) is 4.57 Å². The van der Waals surface area contributed by atoms with E-state index in [1.54, 1.807) is 0 Å². The molecule has 3 N–H and O–H groups in total.